The highest BCUT2D eigenvalue weighted by Gasteiger charge is 2.44. The maximum Gasteiger partial charge on any atom is 0.330 e. The molecular formula is C47H80O10. The van der Waals surface area contributed by atoms with Gasteiger partial charge in [0.2, 0.25) is 0 Å². The van der Waals surface area contributed by atoms with E-state index in [0.29, 0.717) is 12.8 Å². The Morgan fingerprint density at radius 3 is 1.67 bits per heavy atom. The lowest BCUT2D eigenvalue weighted by atomic mass is 9.99. The predicted molar refractivity (Wildman–Crippen MR) is 228 cm³/mol. The van der Waals surface area contributed by atoms with Crippen molar-refractivity contribution in [1.29, 1.82) is 0 Å². The molecule has 0 amide bonds. The highest BCUT2D eigenvalue weighted by atomic mass is 16.7. The van der Waals surface area contributed by atoms with Crippen LogP contribution >= 0.6 is 0 Å². The number of carbonyl (C=O) groups is 2. The molecule has 0 aromatic heterocycles. The van der Waals surface area contributed by atoms with Crippen molar-refractivity contribution < 1.29 is 49.0 Å². The lowest BCUT2D eigenvalue weighted by Crippen LogP contribution is -2.59. The van der Waals surface area contributed by atoms with Gasteiger partial charge in [-0.05, 0) is 51.4 Å². The summed E-state index contributed by atoms with van der Waals surface area (Å²) in [5.41, 5.74) is 0. The van der Waals surface area contributed by atoms with Gasteiger partial charge < -0.3 is 39.4 Å². The molecule has 57 heavy (non-hydrogen) atoms. The summed E-state index contributed by atoms with van der Waals surface area (Å²) >= 11 is 0. The van der Waals surface area contributed by atoms with Gasteiger partial charge in [0.25, 0.3) is 0 Å². The summed E-state index contributed by atoms with van der Waals surface area (Å²) < 4.78 is 21.9. The molecule has 0 spiro atoms. The molecule has 0 aliphatic carbocycles. The van der Waals surface area contributed by atoms with Crippen LogP contribution in [-0.4, -0.2) is 89.0 Å². The van der Waals surface area contributed by atoms with E-state index in [-0.39, 0.29) is 19.6 Å². The summed E-state index contributed by atoms with van der Waals surface area (Å²) in [5, 5.41) is 40.0. The molecule has 1 heterocycles. The van der Waals surface area contributed by atoms with E-state index in [1.165, 1.54) is 109 Å². The van der Waals surface area contributed by atoms with Crippen molar-refractivity contribution in [2.24, 2.45) is 0 Å². The fraction of sp³-hybridized carbons (Fsp3) is 0.745. The smallest absolute Gasteiger partial charge is 0.330 e. The first-order chi connectivity index (χ1) is 27.8. The maximum absolute atomic E-state index is 12.7. The van der Waals surface area contributed by atoms with Crippen molar-refractivity contribution in [2.75, 3.05) is 19.8 Å². The van der Waals surface area contributed by atoms with Gasteiger partial charge in [-0.3, -0.25) is 4.79 Å². The molecule has 1 aliphatic heterocycles. The van der Waals surface area contributed by atoms with Crippen molar-refractivity contribution in [2.45, 2.75) is 205 Å². The minimum absolute atomic E-state index is 0.137. The van der Waals surface area contributed by atoms with Crippen molar-refractivity contribution in [3.05, 3.63) is 60.8 Å². The first-order valence-electron chi connectivity index (χ1n) is 22.4. The molecule has 0 bridgehead atoms. The van der Waals surface area contributed by atoms with Crippen molar-refractivity contribution >= 4 is 11.9 Å². The van der Waals surface area contributed by atoms with E-state index in [4.69, 9.17) is 18.9 Å². The van der Waals surface area contributed by atoms with Gasteiger partial charge in [0, 0.05) is 12.5 Å². The monoisotopic (exact) mass is 805 g/mol. The molecule has 1 saturated heterocycles. The Morgan fingerprint density at radius 2 is 1.11 bits per heavy atom. The van der Waals surface area contributed by atoms with Crippen molar-refractivity contribution in [3.63, 3.8) is 0 Å². The van der Waals surface area contributed by atoms with Crippen LogP contribution in [0.4, 0.5) is 0 Å². The molecule has 328 valence electrons. The van der Waals surface area contributed by atoms with E-state index in [1.807, 2.05) is 18.2 Å². The van der Waals surface area contributed by atoms with E-state index in [1.54, 1.807) is 6.08 Å². The molecule has 10 nitrogen and oxygen atoms in total. The number of hydrogen-bond acceptors (Lipinski definition) is 10. The molecule has 1 aliphatic rings. The number of allylic oxidation sites excluding steroid dienone is 9. The van der Waals surface area contributed by atoms with Crippen molar-refractivity contribution in [1.82, 2.24) is 0 Å². The van der Waals surface area contributed by atoms with Crippen molar-refractivity contribution in [3.8, 4) is 0 Å². The maximum atomic E-state index is 12.7. The standard InChI is InChI=1S/C47H80O10/c1-3-5-7-9-11-13-15-17-19-20-22-24-26-28-30-32-34-36-43(50)56-40(39-55-47-46(53)45(52)44(51)41(37-48)57-47)38-54-42(49)35-33-31-29-27-25-23-21-18-16-14-12-10-8-6-4-2/h17,19,22,24,28-31,33,35,40-41,44-48,51-53H,3-16,18,20-21,23,25-27,32,34,36-39H2,1-2H3/b19-17+,24-22+,30-28+,31-29+,35-33+/t40-,41-,44+,45?,46?,47-/m1/s1. The summed E-state index contributed by atoms with van der Waals surface area (Å²) in [6, 6.07) is 0. The molecule has 6 atom stereocenters. The largest absolute Gasteiger partial charge is 0.458 e. The van der Waals surface area contributed by atoms with Crippen LogP contribution in [0, 0.1) is 0 Å². The Hall–Kier alpha value is -2.60. The van der Waals surface area contributed by atoms with Gasteiger partial charge >= 0.3 is 11.9 Å². The first kappa shape index (κ1) is 52.4. The number of rotatable bonds is 36. The summed E-state index contributed by atoms with van der Waals surface area (Å²) in [4.78, 5) is 25.2. The summed E-state index contributed by atoms with van der Waals surface area (Å²) in [5.74, 6) is -1.12. The fourth-order valence-corrected chi connectivity index (χ4v) is 6.41. The van der Waals surface area contributed by atoms with Crippen LogP contribution in [-0.2, 0) is 28.5 Å². The summed E-state index contributed by atoms with van der Waals surface area (Å²) in [7, 11) is 0. The molecule has 10 heteroatoms. The Balaban J connectivity index is 2.43. The third-order valence-corrected chi connectivity index (χ3v) is 9.98. The van der Waals surface area contributed by atoms with Gasteiger partial charge in [-0.2, -0.15) is 0 Å². The van der Waals surface area contributed by atoms with Crippen LogP contribution in [0.2, 0.25) is 0 Å². The third kappa shape index (κ3) is 29.3. The quantitative estimate of drug-likeness (QED) is 0.0159. The summed E-state index contributed by atoms with van der Waals surface area (Å²) in [6.45, 7) is 3.24. The number of esters is 2. The zero-order valence-corrected chi connectivity index (χ0v) is 35.6. The second-order valence-corrected chi connectivity index (χ2v) is 15.2. The molecule has 0 aromatic rings. The number of carbonyl (C=O) groups excluding carboxylic acids is 2. The fourth-order valence-electron chi connectivity index (χ4n) is 6.41. The van der Waals surface area contributed by atoms with E-state index < -0.39 is 55.4 Å². The lowest BCUT2D eigenvalue weighted by Gasteiger charge is -2.39. The third-order valence-electron chi connectivity index (χ3n) is 9.98. The number of aliphatic hydroxyl groups is 4. The predicted octanol–water partition coefficient (Wildman–Crippen LogP) is 9.44. The van der Waals surface area contributed by atoms with Crippen LogP contribution in [0.5, 0.6) is 0 Å². The highest BCUT2D eigenvalue weighted by molar-refractivity contribution is 5.82. The average molecular weight is 805 g/mol. The second kappa shape index (κ2) is 37.7. The van der Waals surface area contributed by atoms with E-state index in [2.05, 4.69) is 44.2 Å². The van der Waals surface area contributed by atoms with Gasteiger partial charge in [-0.1, -0.05) is 165 Å². The van der Waals surface area contributed by atoms with Crippen LogP contribution in [0.1, 0.15) is 168 Å². The lowest BCUT2D eigenvalue weighted by molar-refractivity contribution is -0.305. The van der Waals surface area contributed by atoms with Gasteiger partial charge in [0.1, 0.15) is 31.0 Å². The van der Waals surface area contributed by atoms with Gasteiger partial charge in [-0.25, -0.2) is 4.79 Å². The molecule has 1 rings (SSSR count). The zero-order valence-electron chi connectivity index (χ0n) is 35.6. The van der Waals surface area contributed by atoms with Crippen LogP contribution < -0.4 is 0 Å². The minimum Gasteiger partial charge on any atom is -0.458 e. The first-order valence-corrected chi connectivity index (χ1v) is 22.4. The SMILES string of the molecule is CCCCCCCC/C=C/C/C=C/C/C=C/CCCC(=O)O[C@H](COC(=O)/C=C/C=C/CCCCCCCCCCCCC)CO[C@@H]1O[C@H](CO)[C@H](O)C(O)C1O. The molecule has 4 N–H and O–H groups in total. The van der Waals surface area contributed by atoms with Gasteiger partial charge in [0.05, 0.1) is 13.2 Å². The molecule has 0 radical (unpaired) electrons. The molecule has 2 unspecified atom stereocenters. The van der Waals surface area contributed by atoms with Gasteiger partial charge in [0.15, 0.2) is 12.4 Å². The Labute approximate surface area is 345 Å². The Bertz CT molecular complexity index is 1110. The number of unbranched alkanes of at least 4 members (excludes halogenated alkanes) is 18. The van der Waals surface area contributed by atoms with Crippen LogP contribution in [0.25, 0.3) is 0 Å². The number of hydrogen-bond donors (Lipinski definition) is 4. The zero-order chi connectivity index (χ0) is 41.6. The number of ether oxygens (including phenoxy) is 4. The Kier molecular flexibility index (Phi) is 34.6. The second-order valence-electron chi connectivity index (χ2n) is 15.2. The van der Waals surface area contributed by atoms with E-state index in [9.17, 15) is 30.0 Å². The van der Waals surface area contributed by atoms with Crippen LogP contribution in [0.15, 0.2) is 60.8 Å². The normalized spacial score (nSPS) is 20.8. The van der Waals surface area contributed by atoms with E-state index >= 15 is 0 Å². The van der Waals surface area contributed by atoms with Gasteiger partial charge in [-0.15, -0.1) is 0 Å². The molecule has 0 saturated carbocycles. The number of aliphatic hydroxyl groups excluding tert-OH is 4. The average Bonchev–Trinajstić information content (AvgIpc) is 3.21. The molecule has 0 aromatic carbocycles. The minimum atomic E-state index is -1.62. The Morgan fingerprint density at radius 1 is 0.596 bits per heavy atom. The van der Waals surface area contributed by atoms with E-state index in [0.717, 1.165) is 32.1 Å². The summed E-state index contributed by atoms with van der Waals surface area (Å²) in [6.07, 6.45) is 38.6. The molecular weight excluding hydrogens is 725 g/mol. The molecule has 1 fully saturated rings. The highest BCUT2D eigenvalue weighted by Crippen LogP contribution is 2.22. The topological polar surface area (TPSA) is 152 Å². The van der Waals surface area contributed by atoms with Crippen LogP contribution in [0.3, 0.4) is 0 Å².